The first-order valence-electron chi connectivity index (χ1n) is 9.82. The van der Waals surface area contributed by atoms with Gasteiger partial charge in [-0.05, 0) is 62.4 Å². The predicted octanol–water partition coefficient (Wildman–Crippen LogP) is 4.83. The van der Waals surface area contributed by atoms with Crippen LogP contribution in [0.2, 0.25) is 5.02 Å². The van der Waals surface area contributed by atoms with Crippen molar-refractivity contribution in [1.29, 1.82) is 0 Å². The topological polar surface area (TPSA) is 29.5 Å². The van der Waals surface area contributed by atoms with E-state index in [2.05, 4.69) is 11.9 Å². The molecule has 0 aromatic heterocycles. The summed E-state index contributed by atoms with van der Waals surface area (Å²) >= 11 is 6.14. The molecule has 3 nitrogen and oxygen atoms in total. The van der Waals surface area contributed by atoms with Gasteiger partial charge in [-0.25, -0.2) is 0 Å². The van der Waals surface area contributed by atoms with Crippen LogP contribution in [0.1, 0.15) is 42.7 Å². The summed E-state index contributed by atoms with van der Waals surface area (Å²) in [6.07, 6.45) is 4.99. The fourth-order valence-corrected chi connectivity index (χ4v) is 4.84. The molecule has 2 bridgehead atoms. The van der Waals surface area contributed by atoms with E-state index >= 15 is 0 Å². The molecule has 0 saturated carbocycles. The number of rotatable bonds is 5. The minimum atomic E-state index is -0.304. The van der Waals surface area contributed by atoms with Gasteiger partial charge in [-0.2, -0.15) is 0 Å². The minimum Gasteiger partial charge on any atom is -0.462 e. The Morgan fingerprint density at radius 2 is 1.81 bits per heavy atom. The van der Waals surface area contributed by atoms with Crippen LogP contribution in [0.15, 0.2) is 54.6 Å². The molecule has 27 heavy (non-hydrogen) atoms. The summed E-state index contributed by atoms with van der Waals surface area (Å²) < 4.78 is 6.04. The first kappa shape index (κ1) is 18.5. The zero-order valence-corrected chi connectivity index (χ0v) is 16.4. The lowest BCUT2D eigenvalue weighted by Gasteiger charge is -2.36. The average Bonchev–Trinajstić information content (AvgIpc) is 2.88. The second-order valence-corrected chi connectivity index (χ2v) is 8.31. The van der Waals surface area contributed by atoms with Crippen molar-refractivity contribution >= 4 is 17.6 Å². The molecule has 142 valence electrons. The number of halogens is 1. The number of carbonyl (C=O) groups excluding carboxylic acids is 1. The van der Waals surface area contributed by atoms with E-state index in [9.17, 15) is 4.79 Å². The Morgan fingerprint density at radius 1 is 1.11 bits per heavy atom. The van der Waals surface area contributed by atoms with E-state index in [1.807, 2.05) is 54.6 Å². The smallest absolute Gasteiger partial charge is 0.314 e. The third kappa shape index (κ3) is 4.20. The molecule has 0 aliphatic carbocycles. The Morgan fingerprint density at radius 3 is 2.48 bits per heavy atom. The highest BCUT2D eigenvalue weighted by Crippen LogP contribution is 2.36. The van der Waals surface area contributed by atoms with Gasteiger partial charge < -0.3 is 9.64 Å². The fraction of sp³-hybridized carbons (Fsp3) is 0.435. The number of carbonyl (C=O) groups is 1. The average molecular weight is 384 g/mol. The molecule has 2 aliphatic heterocycles. The fourth-order valence-electron chi connectivity index (χ4n) is 4.63. The Hall–Kier alpha value is -1.84. The predicted molar refractivity (Wildman–Crippen MR) is 108 cm³/mol. The third-order valence-electron chi connectivity index (χ3n) is 6.15. The number of ether oxygens (including phenoxy) is 1. The normalized spacial score (nSPS) is 25.9. The maximum atomic E-state index is 13.1. The molecule has 4 rings (SSSR count). The molecule has 0 amide bonds. The molecule has 2 aromatic carbocycles. The van der Waals surface area contributed by atoms with Crippen molar-refractivity contribution < 1.29 is 9.53 Å². The highest BCUT2D eigenvalue weighted by molar-refractivity contribution is 6.30. The second-order valence-electron chi connectivity index (χ2n) is 7.88. The van der Waals surface area contributed by atoms with Crippen molar-refractivity contribution in [2.45, 2.75) is 56.2 Å². The van der Waals surface area contributed by atoms with Crippen molar-refractivity contribution in [3.8, 4) is 0 Å². The number of nitrogens with zero attached hydrogens (tertiary/aromatic N) is 1. The Bertz CT molecular complexity index is 780. The zero-order chi connectivity index (χ0) is 18.8. The van der Waals surface area contributed by atoms with Crippen LogP contribution in [0.25, 0.3) is 0 Å². The monoisotopic (exact) mass is 383 g/mol. The molecule has 2 aliphatic rings. The lowest BCUT2D eigenvalue weighted by atomic mass is 9.91. The van der Waals surface area contributed by atoms with Gasteiger partial charge in [0.25, 0.3) is 0 Å². The molecule has 0 N–H and O–H groups in total. The molecular weight excluding hydrogens is 358 g/mol. The molecular formula is C23H26ClNO2. The first-order chi connectivity index (χ1) is 13.1. The maximum absolute atomic E-state index is 13.1. The summed E-state index contributed by atoms with van der Waals surface area (Å²) in [5.41, 5.74) is 2.05. The molecule has 2 fully saturated rings. The van der Waals surface area contributed by atoms with Gasteiger partial charge in [0.05, 0.1) is 5.92 Å². The van der Waals surface area contributed by atoms with Gasteiger partial charge in [-0.3, -0.25) is 4.79 Å². The van der Waals surface area contributed by atoms with Gasteiger partial charge in [0, 0.05) is 17.1 Å². The number of hydrogen-bond acceptors (Lipinski definition) is 3. The number of esters is 1. The largest absolute Gasteiger partial charge is 0.462 e. The molecule has 0 spiro atoms. The van der Waals surface area contributed by atoms with Crippen LogP contribution >= 0.6 is 11.6 Å². The van der Waals surface area contributed by atoms with Crippen LogP contribution in [0, 0.1) is 0 Å². The molecule has 4 atom stereocenters. The third-order valence-corrected chi connectivity index (χ3v) is 6.39. The van der Waals surface area contributed by atoms with Crippen LogP contribution in [-0.4, -0.2) is 36.1 Å². The van der Waals surface area contributed by atoms with Crippen LogP contribution in [0.5, 0.6) is 0 Å². The Balaban J connectivity index is 1.50. The summed E-state index contributed by atoms with van der Waals surface area (Å²) in [5.74, 6) is -0.419. The minimum absolute atomic E-state index is 0.0387. The quantitative estimate of drug-likeness (QED) is 0.692. The van der Waals surface area contributed by atoms with Crippen LogP contribution in [-0.2, 0) is 16.0 Å². The molecule has 2 aromatic rings. The van der Waals surface area contributed by atoms with E-state index in [1.165, 1.54) is 12.8 Å². The molecule has 2 heterocycles. The number of fused-ring (bicyclic) bond motifs is 2. The summed E-state index contributed by atoms with van der Waals surface area (Å²) in [5, 5.41) is 0.694. The standard InChI is InChI=1S/C23H26ClNO2/c1-25-19-10-11-20(25)15-21(14-19)27-23(26)22(17-7-3-2-4-8-17)13-16-6-5-9-18(24)12-16/h2-9,12,19-22H,10-11,13-15H2,1H3/t19-,20?,21?,22?/m0/s1. The molecule has 4 heteroatoms. The van der Waals surface area contributed by atoms with Crippen LogP contribution < -0.4 is 0 Å². The van der Waals surface area contributed by atoms with E-state index in [1.54, 1.807) is 0 Å². The maximum Gasteiger partial charge on any atom is 0.314 e. The SMILES string of the molecule is CN1C2CC[C@H]1CC(OC(=O)C(Cc1cccc(Cl)c1)c1ccccc1)C2. The first-order valence-corrected chi connectivity index (χ1v) is 10.2. The summed E-state index contributed by atoms with van der Waals surface area (Å²) in [6, 6.07) is 18.8. The lowest BCUT2D eigenvalue weighted by Crippen LogP contribution is -2.43. The summed E-state index contributed by atoms with van der Waals surface area (Å²) in [7, 11) is 2.20. The lowest BCUT2D eigenvalue weighted by molar-refractivity contribution is -0.154. The van der Waals surface area contributed by atoms with Gasteiger partial charge in [0.2, 0.25) is 0 Å². The van der Waals surface area contributed by atoms with Crippen molar-refractivity contribution in [3.63, 3.8) is 0 Å². The van der Waals surface area contributed by atoms with Crippen molar-refractivity contribution in [1.82, 2.24) is 4.90 Å². The molecule has 0 radical (unpaired) electrons. The van der Waals surface area contributed by atoms with Crippen LogP contribution in [0.4, 0.5) is 0 Å². The van der Waals surface area contributed by atoms with Gasteiger partial charge >= 0.3 is 5.97 Å². The van der Waals surface area contributed by atoms with Crippen molar-refractivity contribution in [2.24, 2.45) is 0 Å². The van der Waals surface area contributed by atoms with Crippen molar-refractivity contribution in [3.05, 3.63) is 70.7 Å². The van der Waals surface area contributed by atoms with Gasteiger partial charge in [-0.1, -0.05) is 54.1 Å². The highest BCUT2D eigenvalue weighted by atomic mass is 35.5. The molecule has 3 unspecified atom stereocenters. The molecule has 2 saturated heterocycles. The Kier molecular flexibility index (Phi) is 5.51. The van der Waals surface area contributed by atoms with E-state index in [4.69, 9.17) is 16.3 Å². The van der Waals surface area contributed by atoms with Crippen molar-refractivity contribution in [2.75, 3.05) is 7.05 Å². The van der Waals surface area contributed by atoms with E-state index in [0.717, 1.165) is 24.0 Å². The number of hydrogen-bond donors (Lipinski definition) is 0. The highest BCUT2D eigenvalue weighted by Gasteiger charge is 2.40. The summed E-state index contributed by atoms with van der Waals surface area (Å²) in [4.78, 5) is 15.6. The van der Waals surface area contributed by atoms with E-state index in [0.29, 0.717) is 23.5 Å². The Labute approximate surface area is 166 Å². The van der Waals surface area contributed by atoms with E-state index < -0.39 is 0 Å². The second kappa shape index (κ2) is 8.04. The summed E-state index contributed by atoms with van der Waals surface area (Å²) in [6.45, 7) is 0. The number of benzene rings is 2. The van der Waals surface area contributed by atoms with Crippen LogP contribution in [0.3, 0.4) is 0 Å². The van der Waals surface area contributed by atoms with Gasteiger partial charge in [0.1, 0.15) is 6.10 Å². The number of piperidine rings is 1. The zero-order valence-electron chi connectivity index (χ0n) is 15.7. The van der Waals surface area contributed by atoms with Gasteiger partial charge in [0.15, 0.2) is 0 Å². The van der Waals surface area contributed by atoms with Gasteiger partial charge in [-0.15, -0.1) is 0 Å². The van der Waals surface area contributed by atoms with E-state index in [-0.39, 0.29) is 18.0 Å².